The van der Waals surface area contributed by atoms with Crippen LogP contribution in [0.25, 0.3) is 0 Å². The molecule has 3 rings (SSSR count). The smallest absolute Gasteiger partial charge is 0.270 e. The summed E-state index contributed by atoms with van der Waals surface area (Å²) < 4.78 is 28.6. The molecule has 1 saturated heterocycles. The first-order valence-corrected chi connectivity index (χ1v) is 10.9. The molecule has 2 aliphatic rings. The SMILES string of the molecule is COC1CN(c2ccc(C(=O)NC(COCF)CC(C)C)nc2OC[C@@H]2C[C@@H]2CO)C1. The molecule has 1 amide bonds. The van der Waals surface area contributed by atoms with E-state index in [0.29, 0.717) is 30.7 Å². The molecule has 2 fully saturated rings. The minimum Gasteiger partial charge on any atom is -0.476 e. The van der Waals surface area contributed by atoms with Crippen LogP contribution in [-0.4, -0.2) is 75.0 Å². The van der Waals surface area contributed by atoms with Gasteiger partial charge in [-0.05, 0) is 42.7 Å². The van der Waals surface area contributed by atoms with Crippen molar-refractivity contribution in [3.05, 3.63) is 17.8 Å². The molecule has 1 aliphatic heterocycles. The number of carbonyl (C=O) groups excluding carboxylic acids is 1. The van der Waals surface area contributed by atoms with Gasteiger partial charge in [0.1, 0.15) is 11.4 Å². The van der Waals surface area contributed by atoms with Crippen molar-refractivity contribution in [2.45, 2.75) is 38.8 Å². The Labute approximate surface area is 183 Å². The number of anilines is 1. The van der Waals surface area contributed by atoms with E-state index in [9.17, 15) is 14.3 Å². The Hall–Kier alpha value is -1.97. The van der Waals surface area contributed by atoms with Crippen LogP contribution in [0.15, 0.2) is 12.1 Å². The summed E-state index contributed by atoms with van der Waals surface area (Å²) in [4.78, 5) is 19.4. The van der Waals surface area contributed by atoms with Gasteiger partial charge in [0.25, 0.3) is 5.91 Å². The molecular formula is C22H34FN3O5. The van der Waals surface area contributed by atoms with Crippen molar-refractivity contribution in [2.24, 2.45) is 17.8 Å². The van der Waals surface area contributed by atoms with Gasteiger partial charge < -0.3 is 29.5 Å². The molecule has 2 heterocycles. The first kappa shape index (κ1) is 23.7. The van der Waals surface area contributed by atoms with Gasteiger partial charge in [-0.1, -0.05) is 13.8 Å². The Morgan fingerprint density at radius 1 is 1.35 bits per heavy atom. The summed E-state index contributed by atoms with van der Waals surface area (Å²) in [5.74, 6) is 0.979. The zero-order valence-corrected chi connectivity index (χ0v) is 18.6. The Balaban J connectivity index is 1.70. The molecule has 1 aromatic rings. The van der Waals surface area contributed by atoms with Crippen molar-refractivity contribution in [3.63, 3.8) is 0 Å². The second-order valence-corrected chi connectivity index (χ2v) is 8.81. The number of halogens is 1. The maximum Gasteiger partial charge on any atom is 0.270 e. The highest BCUT2D eigenvalue weighted by atomic mass is 19.1. The molecule has 31 heavy (non-hydrogen) atoms. The minimum absolute atomic E-state index is 0.109. The Bertz CT molecular complexity index is 729. The summed E-state index contributed by atoms with van der Waals surface area (Å²) >= 11 is 0. The number of carbonyl (C=O) groups is 1. The number of alkyl halides is 1. The fourth-order valence-electron chi connectivity index (χ4n) is 3.80. The van der Waals surface area contributed by atoms with Gasteiger partial charge in [0.15, 0.2) is 6.86 Å². The van der Waals surface area contributed by atoms with Crippen LogP contribution in [0, 0.1) is 17.8 Å². The topological polar surface area (TPSA) is 93.2 Å². The van der Waals surface area contributed by atoms with Crippen LogP contribution in [0.5, 0.6) is 5.88 Å². The van der Waals surface area contributed by atoms with Crippen LogP contribution in [0.2, 0.25) is 0 Å². The van der Waals surface area contributed by atoms with Crippen molar-refractivity contribution < 1.29 is 28.5 Å². The molecule has 1 unspecified atom stereocenters. The molecule has 0 radical (unpaired) electrons. The van der Waals surface area contributed by atoms with Crippen molar-refractivity contribution >= 4 is 11.6 Å². The van der Waals surface area contributed by atoms with Gasteiger partial charge in [-0.25, -0.2) is 9.37 Å². The highest BCUT2D eigenvalue weighted by Gasteiger charge is 2.37. The fourth-order valence-corrected chi connectivity index (χ4v) is 3.80. The lowest BCUT2D eigenvalue weighted by Crippen LogP contribution is -2.52. The van der Waals surface area contributed by atoms with E-state index in [1.165, 1.54) is 0 Å². The lowest BCUT2D eigenvalue weighted by Gasteiger charge is -2.40. The van der Waals surface area contributed by atoms with Crippen molar-refractivity contribution in [1.82, 2.24) is 10.3 Å². The molecule has 174 valence electrons. The average molecular weight is 440 g/mol. The predicted octanol–water partition coefficient (Wildman–Crippen LogP) is 2.01. The number of rotatable bonds is 13. The van der Waals surface area contributed by atoms with Crippen LogP contribution >= 0.6 is 0 Å². The summed E-state index contributed by atoms with van der Waals surface area (Å²) in [6.45, 7) is 5.38. The van der Waals surface area contributed by atoms with Crippen molar-refractivity contribution in [1.29, 1.82) is 0 Å². The maximum atomic E-state index is 12.8. The number of hydrogen-bond donors (Lipinski definition) is 2. The van der Waals surface area contributed by atoms with E-state index in [1.807, 2.05) is 19.9 Å². The Morgan fingerprint density at radius 3 is 2.74 bits per heavy atom. The third kappa shape index (κ3) is 6.51. The monoisotopic (exact) mass is 439 g/mol. The average Bonchev–Trinajstić information content (AvgIpc) is 3.48. The van der Waals surface area contributed by atoms with Gasteiger partial charge >= 0.3 is 0 Å². The number of aliphatic hydroxyl groups excluding tert-OH is 1. The molecule has 0 spiro atoms. The van der Waals surface area contributed by atoms with Crippen LogP contribution in [0.3, 0.4) is 0 Å². The minimum atomic E-state index is -0.885. The number of nitrogens with zero attached hydrogens (tertiary/aromatic N) is 2. The van der Waals surface area contributed by atoms with Gasteiger partial charge in [-0.2, -0.15) is 0 Å². The molecule has 1 aliphatic carbocycles. The summed E-state index contributed by atoms with van der Waals surface area (Å²) in [7, 11) is 1.69. The standard InChI is InChI=1S/C22H34FN3O5/c1-14(2)6-17(12-30-13-23)24-21(28)19-4-5-20(26-8-18(9-26)29-3)22(25-19)31-11-16-7-15(16)10-27/h4-5,14-18,27H,6-13H2,1-3H3,(H,24,28)/t15-,16+,17?/m1/s1. The number of amides is 1. The number of ether oxygens (including phenoxy) is 3. The van der Waals surface area contributed by atoms with Gasteiger partial charge in [0.05, 0.1) is 25.4 Å². The molecule has 1 saturated carbocycles. The number of aliphatic hydroxyl groups is 1. The first-order chi connectivity index (χ1) is 14.9. The third-order valence-corrected chi connectivity index (χ3v) is 5.82. The lowest BCUT2D eigenvalue weighted by molar-refractivity contribution is 0.0385. The summed E-state index contributed by atoms with van der Waals surface area (Å²) in [5.41, 5.74) is 1.07. The quantitative estimate of drug-likeness (QED) is 0.486. The Kier molecular flexibility index (Phi) is 8.45. The van der Waals surface area contributed by atoms with Crippen LogP contribution in [0.1, 0.15) is 37.2 Å². The molecule has 1 aromatic heterocycles. The van der Waals surface area contributed by atoms with Crippen molar-refractivity contribution in [2.75, 3.05) is 51.8 Å². The summed E-state index contributed by atoms with van der Waals surface area (Å²) in [5, 5.41) is 12.2. The van der Waals surface area contributed by atoms with E-state index >= 15 is 0 Å². The summed E-state index contributed by atoms with van der Waals surface area (Å²) in [6.07, 6.45) is 1.78. The number of hydrogen-bond acceptors (Lipinski definition) is 7. The fraction of sp³-hybridized carbons (Fsp3) is 0.727. The van der Waals surface area contributed by atoms with Gasteiger partial charge in [0.2, 0.25) is 5.88 Å². The zero-order valence-electron chi connectivity index (χ0n) is 18.6. The molecule has 0 bridgehead atoms. The predicted molar refractivity (Wildman–Crippen MR) is 114 cm³/mol. The Morgan fingerprint density at radius 2 is 2.13 bits per heavy atom. The maximum absolute atomic E-state index is 12.8. The molecule has 9 heteroatoms. The van der Waals surface area contributed by atoms with Gasteiger partial charge in [-0.15, -0.1) is 0 Å². The second kappa shape index (κ2) is 11.1. The van der Waals surface area contributed by atoms with E-state index in [0.717, 1.165) is 25.2 Å². The largest absolute Gasteiger partial charge is 0.476 e. The summed E-state index contributed by atoms with van der Waals surface area (Å²) in [6, 6.07) is 3.21. The van der Waals surface area contributed by atoms with Crippen LogP contribution in [-0.2, 0) is 9.47 Å². The van der Waals surface area contributed by atoms with E-state index in [4.69, 9.17) is 14.2 Å². The van der Waals surface area contributed by atoms with E-state index in [2.05, 4.69) is 15.2 Å². The third-order valence-electron chi connectivity index (χ3n) is 5.82. The number of pyridine rings is 1. The molecule has 0 aromatic carbocycles. The van der Waals surface area contributed by atoms with Gasteiger partial charge in [-0.3, -0.25) is 4.79 Å². The molecule has 2 N–H and O–H groups in total. The van der Waals surface area contributed by atoms with E-state index in [-0.39, 0.29) is 42.9 Å². The number of methoxy groups -OCH3 is 1. The van der Waals surface area contributed by atoms with Crippen LogP contribution in [0.4, 0.5) is 10.1 Å². The number of nitrogens with one attached hydrogen (secondary N) is 1. The van der Waals surface area contributed by atoms with Crippen molar-refractivity contribution in [3.8, 4) is 5.88 Å². The van der Waals surface area contributed by atoms with E-state index in [1.54, 1.807) is 13.2 Å². The normalized spacial score (nSPS) is 21.7. The number of aromatic nitrogens is 1. The second-order valence-electron chi connectivity index (χ2n) is 8.81. The highest BCUT2D eigenvalue weighted by Crippen LogP contribution is 2.39. The molecular weight excluding hydrogens is 405 g/mol. The lowest BCUT2D eigenvalue weighted by atomic mass is 10.0. The van der Waals surface area contributed by atoms with E-state index < -0.39 is 6.86 Å². The van der Waals surface area contributed by atoms with Crippen LogP contribution < -0.4 is 15.0 Å². The van der Waals surface area contributed by atoms with Gasteiger partial charge in [0, 0.05) is 26.8 Å². The zero-order chi connectivity index (χ0) is 22.4. The molecule has 3 atom stereocenters. The first-order valence-electron chi connectivity index (χ1n) is 10.9. The highest BCUT2D eigenvalue weighted by molar-refractivity contribution is 5.93. The molecule has 8 nitrogen and oxygen atoms in total.